The van der Waals surface area contributed by atoms with Gasteiger partial charge >= 0.3 is 0 Å². The van der Waals surface area contributed by atoms with E-state index in [0.29, 0.717) is 18.5 Å². The quantitative estimate of drug-likeness (QED) is 0.735. The number of nitrogens with zero attached hydrogens (tertiary/aromatic N) is 3. The number of aromatic nitrogens is 2. The Bertz CT molecular complexity index is 965. The number of rotatable bonds is 4. The molecule has 0 radical (unpaired) electrons. The molecule has 0 aliphatic carbocycles. The lowest BCUT2D eigenvalue weighted by molar-refractivity contribution is 0.319. The van der Waals surface area contributed by atoms with Crippen LogP contribution in [0.5, 0.6) is 5.75 Å². The van der Waals surface area contributed by atoms with Crippen molar-refractivity contribution in [2.75, 3.05) is 24.6 Å². The topological polar surface area (TPSA) is 47.4 Å². The summed E-state index contributed by atoms with van der Waals surface area (Å²) in [6.45, 7) is 4.93. The van der Waals surface area contributed by atoms with E-state index in [0.717, 1.165) is 36.7 Å². The average Bonchev–Trinajstić information content (AvgIpc) is 2.63. The molecule has 128 valence electrons. The van der Waals surface area contributed by atoms with Crippen LogP contribution in [0.1, 0.15) is 12.0 Å². The second-order valence-corrected chi connectivity index (χ2v) is 6.39. The van der Waals surface area contributed by atoms with Gasteiger partial charge in [0.05, 0.1) is 17.4 Å². The maximum absolute atomic E-state index is 12.7. The maximum Gasteiger partial charge on any atom is 0.262 e. The highest BCUT2D eigenvalue weighted by Crippen LogP contribution is 2.20. The monoisotopic (exact) mass is 335 g/mol. The maximum atomic E-state index is 12.7. The van der Waals surface area contributed by atoms with Crippen molar-refractivity contribution in [2.24, 2.45) is 0 Å². The Hall–Kier alpha value is -2.82. The van der Waals surface area contributed by atoms with Crippen molar-refractivity contribution >= 4 is 16.9 Å². The molecule has 0 bridgehead atoms. The van der Waals surface area contributed by atoms with Crippen molar-refractivity contribution in [3.63, 3.8) is 0 Å². The lowest BCUT2D eigenvalue weighted by atomic mass is 10.2. The van der Waals surface area contributed by atoms with E-state index in [1.807, 2.05) is 42.5 Å². The summed E-state index contributed by atoms with van der Waals surface area (Å²) in [4.78, 5) is 19.6. The summed E-state index contributed by atoms with van der Waals surface area (Å²) < 4.78 is 7.66. The highest BCUT2D eigenvalue weighted by molar-refractivity contribution is 5.78. The molecule has 0 amide bonds. The molecule has 0 spiro atoms. The fraction of sp³-hybridized carbons (Fsp3) is 0.300. The van der Waals surface area contributed by atoms with Gasteiger partial charge < -0.3 is 9.64 Å². The molecule has 0 N–H and O–H groups in total. The Morgan fingerprint density at radius 2 is 2.00 bits per heavy atom. The van der Waals surface area contributed by atoms with Crippen LogP contribution >= 0.6 is 0 Å². The van der Waals surface area contributed by atoms with Crippen molar-refractivity contribution in [2.45, 2.75) is 19.9 Å². The van der Waals surface area contributed by atoms with E-state index in [1.54, 1.807) is 4.57 Å². The summed E-state index contributed by atoms with van der Waals surface area (Å²) in [6.07, 6.45) is 0.942. The van der Waals surface area contributed by atoms with E-state index in [-0.39, 0.29) is 5.56 Å². The van der Waals surface area contributed by atoms with Gasteiger partial charge in [-0.1, -0.05) is 24.3 Å². The fourth-order valence-electron chi connectivity index (χ4n) is 3.31. The smallest absolute Gasteiger partial charge is 0.262 e. The summed E-state index contributed by atoms with van der Waals surface area (Å²) in [6, 6.07) is 15.6. The molecule has 3 aromatic rings. The van der Waals surface area contributed by atoms with Gasteiger partial charge in [-0.2, -0.15) is 0 Å². The van der Waals surface area contributed by atoms with Gasteiger partial charge in [-0.05, 0) is 43.2 Å². The Balaban J connectivity index is 1.56. The summed E-state index contributed by atoms with van der Waals surface area (Å²) in [7, 11) is 0. The Morgan fingerprint density at radius 1 is 1.12 bits per heavy atom. The predicted octanol–water partition coefficient (Wildman–Crippen LogP) is 2.99. The second-order valence-electron chi connectivity index (χ2n) is 6.39. The molecule has 2 heterocycles. The number of benzene rings is 2. The number of fused-ring (bicyclic) bond motifs is 2. The summed E-state index contributed by atoms with van der Waals surface area (Å²) in [5.41, 5.74) is 1.98. The van der Waals surface area contributed by atoms with Gasteiger partial charge in [0.25, 0.3) is 5.56 Å². The zero-order chi connectivity index (χ0) is 17.2. The van der Waals surface area contributed by atoms with Crippen molar-refractivity contribution in [3.05, 3.63) is 64.4 Å². The van der Waals surface area contributed by atoms with Crippen LogP contribution in [0.15, 0.2) is 53.3 Å². The molecule has 0 atom stereocenters. The molecular weight excluding hydrogens is 314 g/mol. The lowest BCUT2D eigenvalue weighted by Crippen LogP contribution is -2.40. The van der Waals surface area contributed by atoms with Crippen molar-refractivity contribution in [3.8, 4) is 5.75 Å². The van der Waals surface area contributed by atoms with Gasteiger partial charge in [0.1, 0.15) is 12.4 Å². The Labute approximate surface area is 146 Å². The largest absolute Gasteiger partial charge is 0.492 e. The molecule has 1 aliphatic heterocycles. The van der Waals surface area contributed by atoms with Gasteiger partial charge in [-0.25, -0.2) is 4.98 Å². The molecule has 0 saturated heterocycles. The van der Waals surface area contributed by atoms with Crippen molar-refractivity contribution in [1.82, 2.24) is 9.55 Å². The van der Waals surface area contributed by atoms with E-state index >= 15 is 0 Å². The van der Waals surface area contributed by atoms with Crippen LogP contribution in [-0.4, -0.2) is 29.2 Å². The molecule has 1 aliphatic rings. The summed E-state index contributed by atoms with van der Waals surface area (Å²) in [5, 5.41) is 0.684. The molecule has 25 heavy (non-hydrogen) atoms. The first-order valence-electron chi connectivity index (χ1n) is 8.66. The van der Waals surface area contributed by atoms with Crippen LogP contribution in [0.4, 0.5) is 5.95 Å². The third-order valence-electron chi connectivity index (χ3n) is 4.55. The molecule has 0 fully saturated rings. The molecule has 0 unspecified atom stereocenters. The van der Waals surface area contributed by atoms with E-state index < -0.39 is 0 Å². The Morgan fingerprint density at radius 3 is 2.88 bits per heavy atom. The third-order valence-corrected chi connectivity index (χ3v) is 4.55. The minimum Gasteiger partial charge on any atom is -0.492 e. The third kappa shape index (κ3) is 3.09. The van der Waals surface area contributed by atoms with Crippen LogP contribution in [0.3, 0.4) is 0 Å². The Kier molecular flexibility index (Phi) is 4.14. The second kappa shape index (κ2) is 6.59. The van der Waals surface area contributed by atoms with Gasteiger partial charge in [0, 0.05) is 13.1 Å². The van der Waals surface area contributed by atoms with Crippen LogP contribution in [0, 0.1) is 6.92 Å². The van der Waals surface area contributed by atoms with Gasteiger partial charge in [-0.3, -0.25) is 9.36 Å². The summed E-state index contributed by atoms with van der Waals surface area (Å²) >= 11 is 0. The van der Waals surface area contributed by atoms with Crippen LogP contribution in [-0.2, 0) is 6.54 Å². The summed E-state index contributed by atoms with van der Waals surface area (Å²) in [5.74, 6) is 1.63. The van der Waals surface area contributed by atoms with Gasteiger partial charge in [0.2, 0.25) is 5.95 Å². The molecular formula is C20H21N3O2. The van der Waals surface area contributed by atoms with Gasteiger partial charge in [-0.15, -0.1) is 0 Å². The molecule has 5 nitrogen and oxygen atoms in total. The van der Waals surface area contributed by atoms with E-state index in [2.05, 4.69) is 17.9 Å². The van der Waals surface area contributed by atoms with Crippen molar-refractivity contribution in [1.29, 1.82) is 0 Å². The molecule has 1 aromatic heterocycles. The fourth-order valence-corrected chi connectivity index (χ4v) is 3.31. The van der Waals surface area contributed by atoms with Crippen molar-refractivity contribution < 1.29 is 4.74 Å². The average molecular weight is 335 g/mol. The van der Waals surface area contributed by atoms with Crippen LogP contribution in [0.2, 0.25) is 0 Å². The SMILES string of the molecule is Cc1cccc(OCCN2CCCn3c2nc2ccccc2c3=O)c1. The lowest BCUT2D eigenvalue weighted by Gasteiger charge is -2.30. The number of anilines is 1. The first-order chi connectivity index (χ1) is 12.2. The number of aryl methyl sites for hydroxylation is 1. The molecule has 4 rings (SSSR count). The normalized spacial score (nSPS) is 13.7. The predicted molar refractivity (Wildman–Crippen MR) is 99.5 cm³/mol. The standard InChI is InChI=1S/C20H21N3O2/c1-15-6-4-7-16(14-15)25-13-12-22-10-5-11-23-19(24)17-8-2-3-9-18(17)21-20(22)23/h2-4,6-9,14H,5,10-13H2,1H3. The molecule has 5 heteroatoms. The minimum absolute atomic E-state index is 0.0462. The molecule has 2 aromatic carbocycles. The van der Waals surface area contributed by atoms with Crippen LogP contribution < -0.4 is 15.2 Å². The number of hydrogen-bond donors (Lipinski definition) is 0. The highest BCUT2D eigenvalue weighted by Gasteiger charge is 2.20. The number of ether oxygens (including phenoxy) is 1. The number of hydrogen-bond acceptors (Lipinski definition) is 4. The van der Waals surface area contributed by atoms with E-state index in [1.165, 1.54) is 5.56 Å². The highest BCUT2D eigenvalue weighted by atomic mass is 16.5. The van der Waals surface area contributed by atoms with E-state index in [4.69, 9.17) is 9.72 Å². The molecule has 0 saturated carbocycles. The number of para-hydroxylation sites is 1. The minimum atomic E-state index is 0.0462. The first-order valence-corrected chi connectivity index (χ1v) is 8.66. The van der Waals surface area contributed by atoms with Gasteiger partial charge in [0.15, 0.2) is 0 Å². The first kappa shape index (κ1) is 15.7. The zero-order valence-electron chi connectivity index (χ0n) is 14.3. The van der Waals surface area contributed by atoms with Crippen LogP contribution in [0.25, 0.3) is 10.9 Å². The zero-order valence-corrected chi connectivity index (χ0v) is 14.3. The van der Waals surface area contributed by atoms with E-state index in [9.17, 15) is 4.79 Å².